The molecule has 0 amide bonds. The lowest BCUT2D eigenvalue weighted by molar-refractivity contribution is 0.656. The van der Waals surface area contributed by atoms with Crippen molar-refractivity contribution in [3.63, 3.8) is 0 Å². The maximum absolute atomic E-state index is 5.50. The number of nitrogens with two attached hydrogens (primary N) is 2. The smallest absolute Gasteiger partial charge is 0.0239 e. The molecule has 0 aliphatic rings. The number of rotatable bonds is 4. The van der Waals surface area contributed by atoms with Gasteiger partial charge in [-0.25, -0.2) is 0 Å². The van der Waals surface area contributed by atoms with Gasteiger partial charge in [-0.2, -0.15) is 0 Å². The molecule has 4 N–H and O–H groups in total. The van der Waals surface area contributed by atoms with Crippen LogP contribution in [0, 0.1) is 0 Å². The summed E-state index contributed by atoms with van der Waals surface area (Å²) in [5.41, 5.74) is 11.0. The first-order valence-corrected chi connectivity index (χ1v) is 2.97. The highest BCUT2D eigenvalue weighted by Gasteiger charge is 2.00. The van der Waals surface area contributed by atoms with Crippen molar-refractivity contribution < 1.29 is 0 Å². The highest BCUT2D eigenvalue weighted by molar-refractivity contribution is 5.85. The van der Waals surface area contributed by atoms with Crippen molar-refractivity contribution in [2.75, 3.05) is 0 Å². The SMILES string of the molecule is C=CC(N)CC(N)C=C.Cl. The van der Waals surface area contributed by atoms with E-state index in [1.807, 2.05) is 0 Å². The Kier molecular flexibility index (Phi) is 8.42. The van der Waals surface area contributed by atoms with Crippen LogP contribution in [0.15, 0.2) is 25.3 Å². The summed E-state index contributed by atoms with van der Waals surface area (Å²) in [4.78, 5) is 0. The molecular weight excluding hydrogens is 148 g/mol. The summed E-state index contributed by atoms with van der Waals surface area (Å²) in [6.45, 7) is 7.07. The van der Waals surface area contributed by atoms with Gasteiger partial charge in [-0.3, -0.25) is 0 Å². The monoisotopic (exact) mass is 162 g/mol. The molecule has 0 saturated carbocycles. The second-order valence-electron chi connectivity index (χ2n) is 2.03. The van der Waals surface area contributed by atoms with Crippen LogP contribution in [0.1, 0.15) is 6.42 Å². The fraction of sp³-hybridized carbons (Fsp3) is 0.429. The Morgan fingerprint density at radius 1 is 1.10 bits per heavy atom. The van der Waals surface area contributed by atoms with Gasteiger partial charge in [0.25, 0.3) is 0 Å². The van der Waals surface area contributed by atoms with Crippen LogP contribution in [0.3, 0.4) is 0 Å². The van der Waals surface area contributed by atoms with Crippen molar-refractivity contribution in [1.82, 2.24) is 0 Å². The quantitative estimate of drug-likeness (QED) is 0.602. The average Bonchev–Trinajstić information content (AvgIpc) is 1.87. The summed E-state index contributed by atoms with van der Waals surface area (Å²) in [5, 5.41) is 0. The summed E-state index contributed by atoms with van der Waals surface area (Å²) >= 11 is 0. The van der Waals surface area contributed by atoms with E-state index in [4.69, 9.17) is 11.5 Å². The van der Waals surface area contributed by atoms with Crippen LogP contribution >= 0.6 is 12.4 Å². The molecule has 10 heavy (non-hydrogen) atoms. The van der Waals surface area contributed by atoms with E-state index < -0.39 is 0 Å². The Hall–Kier alpha value is -0.310. The fourth-order valence-electron chi connectivity index (χ4n) is 0.507. The molecule has 2 unspecified atom stereocenters. The van der Waals surface area contributed by atoms with E-state index in [9.17, 15) is 0 Å². The largest absolute Gasteiger partial charge is 0.324 e. The zero-order valence-electron chi connectivity index (χ0n) is 5.99. The van der Waals surface area contributed by atoms with E-state index in [-0.39, 0.29) is 24.5 Å². The molecule has 0 radical (unpaired) electrons. The van der Waals surface area contributed by atoms with Crippen LogP contribution in [0.5, 0.6) is 0 Å². The molecule has 0 heterocycles. The highest BCUT2D eigenvalue weighted by Crippen LogP contribution is 1.93. The number of hydrogen-bond acceptors (Lipinski definition) is 2. The van der Waals surface area contributed by atoms with Crippen molar-refractivity contribution >= 4 is 12.4 Å². The third-order valence-electron chi connectivity index (χ3n) is 1.15. The van der Waals surface area contributed by atoms with Crippen LogP contribution in [-0.2, 0) is 0 Å². The predicted octanol–water partition coefficient (Wildman–Crippen LogP) is 0.825. The summed E-state index contributed by atoms with van der Waals surface area (Å²) < 4.78 is 0. The standard InChI is InChI=1S/C7H14N2.ClH/c1-3-6(8)5-7(9)4-2;/h3-4,6-7H,1-2,5,8-9H2;1H. The zero-order chi connectivity index (χ0) is 7.28. The molecule has 0 aromatic carbocycles. The van der Waals surface area contributed by atoms with E-state index in [0.717, 1.165) is 6.42 Å². The van der Waals surface area contributed by atoms with Gasteiger partial charge in [-0.05, 0) is 6.42 Å². The summed E-state index contributed by atoms with van der Waals surface area (Å²) in [7, 11) is 0. The Morgan fingerprint density at radius 2 is 1.40 bits per heavy atom. The van der Waals surface area contributed by atoms with Gasteiger partial charge >= 0.3 is 0 Å². The molecule has 2 atom stereocenters. The van der Waals surface area contributed by atoms with Gasteiger partial charge in [0, 0.05) is 12.1 Å². The first-order chi connectivity index (χ1) is 4.20. The third-order valence-corrected chi connectivity index (χ3v) is 1.15. The molecule has 3 heteroatoms. The maximum Gasteiger partial charge on any atom is 0.0239 e. The van der Waals surface area contributed by atoms with Gasteiger partial charge in [-0.1, -0.05) is 12.2 Å². The van der Waals surface area contributed by atoms with Crippen LogP contribution in [0.25, 0.3) is 0 Å². The minimum Gasteiger partial charge on any atom is -0.324 e. The highest BCUT2D eigenvalue weighted by atomic mass is 35.5. The van der Waals surface area contributed by atoms with Crippen LogP contribution in [0.4, 0.5) is 0 Å². The number of hydrogen-bond donors (Lipinski definition) is 2. The van der Waals surface area contributed by atoms with Crippen molar-refractivity contribution in [3.8, 4) is 0 Å². The Labute approximate surface area is 68.4 Å². The lowest BCUT2D eigenvalue weighted by Gasteiger charge is -2.08. The molecule has 0 aromatic rings. The van der Waals surface area contributed by atoms with Gasteiger partial charge in [-0.15, -0.1) is 25.6 Å². The normalized spacial score (nSPS) is 14.6. The zero-order valence-corrected chi connectivity index (χ0v) is 6.81. The second kappa shape index (κ2) is 6.81. The lowest BCUT2D eigenvalue weighted by Crippen LogP contribution is -2.27. The van der Waals surface area contributed by atoms with Crippen LogP contribution < -0.4 is 11.5 Å². The molecule has 2 nitrogen and oxygen atoms in total. The van der Waals surface area contributed by atoms with E-state index >= 15 is 0 Å². The van der Waals surface area contributed by atoms with Gasteiger partial charge in [0.1, 0.15) is 0 Å². The van der Waals surface area contributed by atoms with Crippen molar-refractivity contribution in [1.29, 1.82) is 0 Å². The summed E-state index contributed by atoms with van der Waals surface area (Å²) in [6.07, 6.45) is 4.10. The fourth-order valence-corrected chi connectivity index (χ4v) is 0.507. The van der Waals surface area contributed by atoms with Crippen LogP contribution in [0.2, 0.25) is 0 Å². The lowest BCUT2D eigenvalue weighted by atomic mass is 10.1. The third kappa shape index (κ3) is 5.82. The summed E-state index contributed by atoms with van der Waals surface area (Å²) in [6, 6.07) is -0.00370. The maximum atomic E-state index is 5.50. The minimum atomic E-state index is -0.00185. The van der Waals surface area contributed by atoms with Gasteiger partial charge in [0.05, 0.1) is 0 Å². The number of halogens is 1. The predicted molar refractivity (Wildman–Crippen MR) is 48.2 cm³/mol. The molecule has 0 aliphatic heterocycles. The molecule has 0 aliphatic carbocycles. The first-order valence-electron chi connectivity index (χ1n) is 2.97. The van der Waals surface area contributed by atoms with Gasteiger partial charge in [0.15, 0.2) is 0 Å². The van der Waals surface area contributed by atoms with Crippen molar-refractivity contribution in [2.24, 2.45) is 11.5 Å². The second-order valence-corrected chi connectivity index (χ2v) is 2.03. The molecule has 0 spiro atoms. The minimum absolute atomic E-state index is 0. The van der Waals surface area contributed by atoms with E-state index in [1.54, 1.807) is 12.2 Å². The first kappa shape index (κ1) is 12.4. The average molecular weight is 163 g/mol. The van der Waals surface area contributed by atoms with Gasteiger partial charge in [0.2, 0.25) is 0 Å². The summed E-state index contributed by atoms with van der Waals surface area (Å²) in [5.74, 6) is 0. The van der Waals surface area contributed by atoms with Gasteiger partial charge < -0.3 is 11.5 Å². The van der Waals surface area contributed by atoms with Crippen molar-refractivity contribution in [2.45, 2.75) is 18.5 Å². The molecule has 0 bridgehead atoms. The van der Waals surface area contributed by atoms with E-state index in [0.29, 0.717) is 0 Å². The Balaban J connectivity index is 0. The van der Waals surface area contributed by atoms with Crippen molar-refractivity contribution in [3.05, 3.63) is 25.3 Å². The topological polar surface area (TPSA) is 52.0 Å². The van der Waals surface area contributed by atoms with E-state index in [2.05, 4.69) is 13.2 Å². The molecule has 0 aromatic heterocycles. The Bertz CT molecular complexity index is 91.8. The molecule has 0 rings (SSSR count). The molecule has 60 valence electrons. The Morgan fingerprint density at radius 3 is 1.60 bits per heavy atom. The van der Waals surface area contributed by atoms with Crippen LogP contribution in [-0.4, -0.2) is 12.1 Å². The molecule has 0 fully saturated rings. The molecule has 0 saturated heterocycles. The van der Waals surface area contributed by atoms with E-state index in [1.165, 1.54) is 0 Å². The molecular formula is C7H15ClN2.